The van der Waals surface area contributed by atoms with Gasteiger partial charge in [0, 0.05) is 158 Å². The maximum atomic E-state index is 2.42. The predicted molar refractivity (Wildman–Crippen MR) is 540 cm³/mol. The van der Waals surface area contributed by atoms with Crippen LogP contribution in [-0.4, -0.2) is 83.2 Å². The monoisotopic (exact) mass is 1580 g/mol. The molecule has 0 aromatic heterocycles. The van der Waals surface area contributed by atoms with Crippen LogP contribution < -0.4 is 105 Å². The van der Waals surface area contributed by atoms with Crippen molar-refractivity contribution in [3.63, 3.8) is 0 Å². The van der Waals surface area contributed by atoms with Crippen molar-refractivity contribution >= 4 is 270 Å². The molecule has 0 unspecified atom stereocenters. The van der Waals surface area contributed by atoms with Gasteiger partial charge in [0.2, 0.25) is 0 Å². The molecule has 20 aromatic carbocycles. The summed E-state index contributed by atoms with van der Waals surface area (Å²) < 4.78 is 0. The van der Waals surface area contributed by atoms with Gasteiger partial charge in [-0.15, -0.1) is 0 Å². The zero-order valence-corrected chi connectivity index (χ0v) is 70.5. The van der Waals surface area contributed by atoms with Gasteiger partial charge in [0.15, 0.2) is 0 Å². The largest absolute Gasteiger partial charge is 0.345 e. The summed E-state index contributed by atoms with van der Waals surface area (Å²) in [5, 5.41) is 21.0. The van der Waals surface area contributed by atoms with Crippen molar-refractivity contribution in [2.75, 3.05) is 95.6 Å². The molecule has 0 bridgehead atoms. The van der Waals surface area contributed by atoms with E-state index in [0.29, 0.717) is 0 Å². The first-order chi connectivity index (χ1) is 60.9. The molecule has 0 radical (unpaired) electrons. The van der Waals surface area contributed by atoms with E-state index in [1.165, 1.54) is 243 Å². The van der Waals surface area contributed by atoms with Crippen LogP contribution in [-0.2, 0) is 0 Å². The number of anilines is 16. The fourth-order valence-electron chi connectivity index (χ4n) is 23.3. The normalized spacial score (nSPS) is 13.9. The summed E-state index contributed by atoms with van der Waals surface area (Å²) in [5.74, 6) is 0. The van der Waals surface area contributed by atoms with E-state index in [-0.39, 0.29) is 26.9 Å². The van der Waals surface area contributed by atoms with E-state index in [1.54, 1.807) is 0 Å². The predicted octanol–water partition coefficient (Wildman–Crippen LogP) is 18.7. The summed E-state index contributed by atoms with van der Waals surface area (Å²) in [6.07, 6.45) is 0. The number of nitrogens with zero attached hydrogens (tertiary/aromatic N) is 8. The van der Waals surface area contributed by atoms with Crippen molar-refractivity contribution in [3.8, 4) is 0 Å². The molecule has 0 fully saturated rings. The summed E-state index contributed by atoms with van der Waals surface area (Å²) in [5.41, 5.74) is 37.8. The minimum Gasteiger partial charge on any atom is -0.345 e. The smallest absolute Gasteiger partial charge is 0.253 e. The van der Waals surface area contributed by atoms with Gasteiger partial charge < -0.3 is 39.2 Å². The van der Waals surface area contributed by atoms with Crippen molar-refractivity contribution in [1.82, 2.24) is 0 Å². The number of hydrogen-bond acceptors (Lipinski definition) is 8. The van der Waals surface area contributed by atoms with Crippen molar-refractivity contribution in [2.45, 2.75) is 0 Å². The van der Waals surface area contributed by atoms with E-state index in [4.69, 9.17) is 0 Å². The average Bonchev–Trinajstić information content (AvgIpc) is 0.714. The van der Waals surface area contributed by atoms with Crippen molar-refractivity contribution in [3.05, 3.63) is 364 Å². The van der Waals surface area contributed by atoms with Crippen LogP contribution in [0.3, 0.4) is 0 Å². The third-order valence-electron chi connectivity index (χ3n) is 28.9. The molecule has 8 aliphatic heterocycles. The molecule has 8 nitrogen and oxygen atoms in total. The molecule has 0 atom stereocenters. The van der Waals surface area contributed by atoms with Crippen LogP contribution in [0, 0.1) is 0 Å². The van der Waals surface area contributed by atoms with E-state index in [0.717, 1.165) is 0 Å². The highest BCUT2D eigenvalue weighted by Gasteiger charge is 2.47. The molecule has 0 amide bonds. The summed E-state index contributed by atoms with van der Waals surface area (Å²) in [6, 6.07) is 134. The Hall–Kier alpha value is -14.9. The van der Waals surface area contributed by atoms with Crippen LogP contribution in [0.5, 0.6) is 0 Å². The Bertz CT molecular complexity index is 7610. The number of fused-ring (bicyclic) bond motifs is 29. The van der Waals surface area contributed by atoms with Crippen LogP contribution in [0.1, 0.15) is 0 Å². The zero-order chi connectivity index (χ0) is 82.8. The Morgan fingerprint density at radius 1 is 0.137 bits per heavy atom. The highest BCUT2D eigenvalue weighted by Crippen LogP contribution is 2.46. The molecular formula is C112H84B4N8. The summed E-state index contributed by atoms with van der Waals surface area (Å²) >= 11 is 0. The molecule has 0 saturated carbocycles. The second-order valence-corrected chi connectivity index (χ2v) is 34.9. The molecule has 0 aliphatic carbocycles. The summed E-state index contributed by atoms with van der Waals surface area (Å²) in [6.45, 7) is 0.899. The Morgan fingerprint density at radius 2 is 0.347 bits per heavy atom. The van der Waals surface area contributed by atoms with Crippen LogP contribution in [0.2, 0.25) is 0 Å². The van der Waals surface area contributed by atoms with Crippen LogP contribution in [0.25, 0.3) is 86.2 Å². The van der Waals surface area contributed by atoms with Crippen LogP contribution in [0.4, 0.5) is 91.0 Å². The third kappa shape index (κ3) is 10.3. The lowest BCUT2D eigenvalue weighted by Crippen LogP contribution is -2.62. The van der Waals surface area contributed by atoms with Gasteiger partial charge in [-0.3, -0.25) is 0 Å². The molecule has 28 rings (SSSR count). The maximum absolute atomic E-state index is 2.42. The quantitative estimate of drug-likeness (QED) is 0.139. The highest BCUT2D eigenvalue weighted by atomic mass is 15.2. The van der Waals surface area contributed by atoms with Crippen LogP contribution >= 0.6 is 0 Å². The summed E-state index contributed by atoms with van der Waals surface area (Å²) in [4.78, 5) is 19.0. The van der Waals surface area contributed by atoms with Gasteiger partial charge >= 0.3 is 0 Å². The van der Waals surface area contributed by atoms with Crippen molar-refractivity contribution in [2.24, 2.45) is 0 Å². The minimum absolute atomic E-state index is 0.209. The molecule has 8 heterocycles. The van der Waals surface area contributed by atoms with Gasteiger partial charge in [0.05, 0.1) is 0 Å². The fraction of sp³-hybridized carbons (Fsp3) is 0.0714. The van der Waals surface area contributed by atoms with E-state index >= 15 is 0 Å². The van der Waals surface area contributed by atoms with Gasteiger partial charge in [-0.05, 0) is 226 Å². The van der Waals surface area contributed by atoms with Gasteiger partial charge in [-0.1, -0.05) is 279 Å². The first kappa shape index (κ1) is 72.0. The number of rotatable bonds is 0. The van der Waals surface area contributed by atoms with Crippen molar-refractivity contribution in [1.29, 1.82) is 0 Å². The molecular weight excluding hydrogens is 1500 g/mol. The van der Waals surface area contributed by atoms with Gasteiger partial charge in [-0.2, -0.15) is 0 Å². The number of hydrogen-bond donors (Lipinski definition) is 0. The summed E-state index contributed by atoms with van der Waals surface area (Å²) in [7, 11) is 17.7. The fourth-order valence-corrected chi connectivity index (χ4v) is 23.3. The van der Waals surface area contributed by atoms with E-state index in [1.807, 2.05) is 0 Å². The maximum Gasteiger partial charge on any atom is 0.253 e. The Balaban J connectivity index is 0.0000000906. The Kier molecular flexibility index (Phi) is 15.9. The molecule has 0 N–H and O–H groups in total. The first-order valence-electron chi connectivity index (χ1n) is 43.5. The molecule has 0 saturated heterocycles. The van der Waals surface area contributed by atoms with Gasteiger partial charge in [-0.25, -0.2) is 0 Å². The second-order valence-electron chi connectivity index (χ2n) is 34.9. The molecule has 0 spiro atoms. The minimum atomic E-state index is 0.209. The molecule has 20 aromatic rings. The lowest BCUT2D eigenvalue weighted by molar-refractivity contribution is 1.18. The molecule has 8 aliphatic rings. The highest BCUT2D eigenvalue weighted by molar-refractivity contribution is 7.04. The SMILES string of the molecule is CN1c2cc3ccccc3cc2B2c3c1cccc3N(C)c1ccc3ccccc3c12.CN1c2cc3ccccc3cc2B2c3cc4ccccc4cc3N(C)c3cccc1c32.CN1c2cccc3c2B(c2c1ccc1ccccc21)c1c(ccc2ccccc12)N3C.CN1c2cccc3c2B(c2ccc4ccccc4c21)c1ccc2ccccc2c1N3C. The van der Waals surface area contributed by atoms with Crippen LogP contribution in [0.15, 0.2) is 364 Å². The van der Waals surface area contributed by atoms with E-state index in [2.05, 4.69) is 460 Å². The van der Waals surface area contributed by atoms with Gasteiger partial charge in [0.1, 0.15) is 0 Å². The lowest BCUT2D eigenvalue weighted by atomic mass is 9.32. The Morgan fingerprint density at radius 3 is 0.669 bits per heavy atom. The topological polar surface area (TPSA) is 25.9 Å². The number of benzene rings is 20. The van der Waals surface area contributed by atoms with Gasteiger partial charge in [0.25, 0.3) is 26.9 Å². The molecule has 124 heavy (non-hydrogen) atoms. The third-order valence-corrected chi connectivity index (χ3v) is 28.9. The van der Waals surface area contributed by atoms with E-state index in [9.17, 15) is 0 Å². The zero-order valence-electron chi connectivity index (χ0n) is 70.5. The standard InChI is InChI=1S/4C28H21BN2/c1-30-24-12-7-13-25-28(24)29(22-14-18-8-3-5-10-20(18)16-26(22)30)23-15-19-9-4-6-11-21(19)17-27(23)31(25)2;1-30-24-12-7-13-25-26(24)29(22-16-14-18-8-3-5-10-20(18)27(22)30)23-17-15-19-9-4-6-11-21(19)28(23)31(25)2;1-30-22-12-7-13-23-28(22)29(26-20-10-5-3-8-18(20)14-16-24(26)30)27-21-11-6-4-9-19(21)15-17-25(27)31(23)2;1-30-23-12-7-13-24-28(23)29(27-21-11-6-5-8-18(21)14-15-25(27)30)22-16-19-9-3-4-10-20(19)17-26(22)31(24)2/h4*3-17H,1-2H3. The first-order valence-corrected chi connectivity index (χ1v) is 43.5. The Labute approximate surface area is 724 Å². The van der Waals surface area contributed by atoms with E-state index < -0.39 is 0 Å². The second kappa shape index (κ2) is 27.3. The van der Waals surface area contributed by atoms with Crippen molar-refractivity contribution < 1.29 is 0 Å². The average molecular weight is 1590 g/mol. The lowest BCUT2D eigenvalue weighted by Gasteiger charge is -2.42. The molecule has 584 valence electrons. The molecule has 12 heteroatoms.